The van der Waals surface area contributed by atoms with Gasteiger partial charge in [0.1, 0.15) is 0 Å². The normalized spacial score (nSPS) is 13.5. The standard InChI is InChI=1S/C52H42N4/c1-31-9-5-7-11-39(31)35-15-17-47-43(23-35)45-25-37-13-14-38-26-46-44-24-36(40-12-8-6-10-32(40)2)16-18-48(44)56(52-30-54-22-20-34(52)4)50(46)28-42(38)41(37)27-49(45)55(47)51-29-53-21-19-33(51)3/h5-12,15,17,19-30H,13-14,16,18H2,1-4H3. The number of rotatable bonds is 4. The molecular formula is C52H42N4. The maximum absolute atomic E-state index is 4.64. The van der Waals surface area contributed by atoms with E-state index in [1.807, 2.05) is 24.8 Å². The fourth-order valence-electron chi connectivity index (χ4n) is 9.78. The molecular weight excluding hydrogens is 681 g/mol. The van der Waals surface area contributed by atoms with Crippen LogP contribution in [0.1, 0.15) is 56.6 Å². The van der Waals surface area contributed by atoms with E-state index in [4.69, 9.17) is 0 Å². The quantitative estimate of drug-likeness (QED) is 0.181. The van der Waals surface area contributed by atoms with Crippen molar-refractivity contribution in [3.05, 3.63) is 178 Å². The summed E-state index contributed by atoms with van der Waals surface area (Å²) in [7, 11) is 0. The first-order chi connectivity index (χ1) is 27.4. The van der Waals surface area contributed by atoms with Crippen LogP contribution in [-0.2, 0) is 19.3 Å². The summed E-state index contributed by atoms with van der Waals surface area (Å²) in [5, 5.41) is 3.90. The molecule has 56 heavy (non-hydrogen) atoms. The summed E-state index contributed by atoms with van der Waals surface area (Å²) in [6, 6.07) is 38.8. The molecule has 2 aliphatic rings. The molecule has 0 fully saturated rings. The van der Waals surface area contributed by atoms with E-state index in [1.165, 1.54) is 111 Å². The Balaban J connectivity index is 1.18. The Morgan fingerprint density at radius 1 is 0.464 bits per heavy atom. The molecule has 5 aromatic carbocycles. The van der Waals surface area contributed by atoms with E-state index in [0.717, 1.165) is 37.1 Å². The Kier molecular flexibility index (Phi) is 7.34. The van der Waals surface area contributed by atoms with Crippen molar-refractivity contribution in [2.45, 2.75) is 53.4 Å². The number of aromatic nitrogens is 4. The molecule has 0 spiro atoms. The van der Waals surface area contributed by atoms with Crippen LogP contribution in [0.15, 0.2) is 128 Å². The summed E-state index contributed by atoms with van der Waals surface area (Å²) in [5.41, 5.74) is 24.5. The van der Waals surface area contributed by atoms with Gasteiger partial charge in [-0.1, -0.05) is 54.6 Å². The Bertz CT molecular complexity index is 3130. The molecule has 0 saturated heterocycles. The molecule has 0 saturated carbocycles. The molecule has 0 aliphatic heterocycles. The van der Waals surface area contributed by atoms with Crippen molar-refractivity contribution in [1.29, 1.82) is 0 Å². The van der Waals surface area contributed by atoms with E-state index < -0.39 is 0 Å². The fourth-order valence-corrected chi connectivity index (χ4v) is 9.78. The lowest BCUT2D eigenvalue weighted by Crippen LogP contribution is -2.07. The zero-order valence-electron chi connectivity index (χ0n) is 32.3. The SMILES string of the molecule is Cc1ccccc1C1=Cc2c(n(-c3cnccc3C)c3cc4c(cc23)CCc2cc3c5cc(-c6ccccc6C)ccc5n(-c5cnccc5C)c3cc2-4)CC1. The Hall–Kier alpha value is -6.52. The summed E-state index contributed by atoms with van der Waals surface area (Å²) in [5.74, 6) is 0. The molecule has 4 nitrogen and oxygen atoms in total. The highest BCUT2D eigenvalue weighted by atomic mass is 15.0. The van der Waals surface area contributed by atoms with Gasteiger partial charge in [0, 0.05) is 39.8 Å². The van der Waals surface area contributed by atoms with Crippen LogP contribution in [0.4, 0.5) is 0 Å². The van der Waals surface area contributed by atoms with Gasteiger partial charge < -0.3 is 9.13 Å². The molecule has 0 amide bonds. The number of pyridine rings is 2. The molecule has 4 heteroatoms. The Labute approximate surface area is 327 Å². The largest absolute Gasteiger partial charge is 0.311 e. The highest BCUT2D eigenvalue weighted by Gasteiger charge is 2.27. The number of benzene rings is 5. The highest BCUT2D eigenvalue weighted by molar-refractivity contribution is 6.12. The van der Waals surface area contributed by atoms with Gasteiger partial charge in [-0.15, -0.1) is 0 Å². The third kappa shape index (κ3) is 4.91. The zero-order chi connectivity index (χ0) is 37.7. The van der Waals surface area contributed by atoms with Gasteiger partial charge in [-0.3, -0.25) is 9.97 Å². The van der Waals surface area contributed by atoms with E-state index in [0.29, 0.717) is 0 Å². The van der Waals surface area contributed by atoms with Crippen molar-refractivity contribution < 1.29 is 0 Å². The van der Waals surface area contributed by atoms with Crippen molar-refractivity contribution in [3.8, 4) is 33.6 Å². The first-order valence-electron chi connectivity index (χ1n) is 19.9. The molecule has 2 aliphatic carbocycles. The topological polar surface area (TPSA) is 35.6 Å². The van der Waals surface area contributed by atoms with Crippen LogP contribution in [0.5, 0.6) is 0 Å². The minimum atomic E-state index is 0.982. The van der Waals surface area contributed by atoms with Crippen molar-refractivity contribution in [2.24, 2.45) is 0 Å². The van der Waals surface area contributed by atoms with Crippen LogP contribution in [0, 0.1) is 27.7 Å². The maximum atomic E-state index is 4.64. The Morgan fingerprint density at radius 3 is 1.71 bits per heavy atom. The molecule has 0 bridgehead atoms. The average Bonchev–Trinajstić information content (AvgIpc) is 3.70. The predicted molar refractivity (Wildman–Crippen MR) is 233 cm³/mol. The zero-order valence-corrected chi connectivity index (χ0v) is 32.3. The van der Waals surface area contributed by atoms with Gasteiger partial charge in [0.2, 0.25) is 0 Å². The molecule has 4 aromatic heterocycles. The van der Waals surface area contributed by atoms with Crippen LogP contribution in [0.3, 0.4) is 0 Å². The van der Waals surface area contributed by atoms with Crippen LogP contribution < -0.4 is 0 Å². The Morgan fingerprint density at radius 2 is 1.05 bits per heavy atom. The van der Waals surface area contributed by atoms with Gasteiger partial charge in [0.05, 0.1) is 40.3 Å². The molecule has 0 N–H and O–H groups in total. The van der Waals surface area contributed by atoms with Crippen LogP contribution in [0.2, 0.25) is 0 Å². The van der Waals surface area contributed by atoms with Gasteiger partial charge in [-0.2, -0.15) is 0 Å². The first-order valence-corrected chi connectivity index (χ1v) is 19.9. The average molecular weight is 723 g/mol. The van der Waals surface area contributed by atoms with E-state index >= 15 is 0 Å². The number of allylic oxidation sites excluding steroid dienone is 1. The van der Waals surface area contributed by atoms with E-state index in [2.05, 4.69) is 156 Å². The molecule has 0 atom stereocenters. The number of hydrogen-bond donors (Lipinski definition) is 0. The number of nitrogens with zero attached hydrogens (tertiary/aromatic N) is 4. The van der Waals surface area contributed by atoms with Gasteiger partial charge >= 0.3 is 0 Å². The smallest absolute Gasteiger partial charge is 0.0674 e. The third-order valence-electron chi connectivity index (χ3n) is 12.7. The summed E-state index contributed by atoms with van der Waals surface area (Å²) >= 11 is 0. The minimum Gasteiger partial charge on any atom is -0.311 e. The molecule has 11 rings (SSSR count). The minimum absolute atomic E-state index is 0.982. The number of aryl methyl sites for hydroxylation is 6. The van der Waals surface area contributed by atoms with Crippen molar-refractivity contribution in [1.82, 2.24) is 19.1 Å². The van der Waals surface area contributed by atoms with Crippen molar-refractivity contribution >= 4 is 44.4 Å². The molecule has 0 radical (unpaired) electrons. The lowest BCUT2D eigenvalue weighted by Gasteiger charge is -2.22. The summed E-state index contributed by atoms with van der Waals surface area (Å²) < 4.78 is 4.97. The molecule has 4 heterocycles. The van der Waals surface area contributed by atoms with Gasteiger partial charge in [-0.25, -0.2) is 0 Å². The third-order valence-corrected chi connectivity index (χ3v) is 12.7. The van der Waals surface area contributed by atoms with E-state index in [-0.39, 0.29) is 0 Å². The predicted octanol–water partition coefficient (Wildman–Crippen LogP) is 12.7. The van der Waals surface area contributed by atoms with Crippen molar-refractivity contribution in [2.75, 3.05) is 0 Å². The van der Waals surface area contributed by atoms with Crippen molar-refractivity contribution in [3.63, 3.8) is 0 Å². The molecule has 9 aromatic rings. The first kappa shape index (κ1) is 32.9. The molecule has 270 valence electrons. The summed E-state index contributed by atoms with van der Waals surface area (Å²) in [6.07, 6.45) is 14.4. The second-order valence-corrected chi connectivity index (χ2v) is 15.9. The van der Waals surface area contributed by atoms with Crippen LogP contribution >= 0.6 is 0 Å². The van der Waals surface area contributed by atoms with E-state index in [9.17, 15) is 0 Å². The van der Waals surface area contributed by atoms with E-state index in [1.54, 1.807) is 0 Å². The van der Waals surface area contributed by atoms with Gasteiger partial charge in [0.25, 0.3) is 0 Å². The number of hydrogen-bond acceptors (Lipinski definition) is 2. The lowest BCUT2D eigenvalue weighted by molar-refractivity contribution is 0.889. The van der Waals surface area contributed by atoms with Gasteiger partial charge in [0.15, 0.2) is 0 Å². The van der Waals surface area contributed by atoms with Crippen LogP contribution in [0.25, 0.3) is 78.0 Å². The summed E-state index contributed by atoms with van der Waals surface area (Å²) in [6.45, 7) is 8.84. The summed E-state index contributed by atoms with van der Waals surface area (Å²) in [4.78, 5) is 9.26. The monoisotopic (exact) mass is 722 g/mol. The lowest BCUT2D eigenvalue weighted by atomic mass is 9.83. The van der Waals surface area contributed by atoms with Crippen LogP contribution in [-0.4, -0.2) is 19.1 Å². The fraction of sp³-hybridized carbons (Fsp3) is 0.154. The second-order valence-electron chi connectivity index (χ2n) is 15.9. The second kappa shape index (κ2) is 12.5. The number of fused-ring (bicyclic) bond motifs is 9. The van der Waals surface area contributed by atoms with Gasteiger partial charge in [-0.05, 0) is 175 Å². The molecule has 0 unspecified atom stereocenters. The maximum Gasteiger partial charge on any atom is 0.0674 e. The highest BCUT2D eigenvalue weighted by Crippen LogP contribution is 2.46.